The van der Waals surface area contributed by atoms with Crippen molar-refractivity contribution >= 4 is 23.8 Å². The number of hydrogen-bond donors (Lipinski definition) is 0. The highest BCUT2D eigenvalue weighted by Crippen LogP contribution is 2.26. The highest BCUT2D eigenvalue weighted by molar-refractivity contribution is 6.15. The molecule has 224 valence electrons. The van der Waals surface area contributed by atoms with Crippen molar-refractivity contribution in [2.75, 3.05) is 39.3 Å². The molecular formula is C33H29F5N2O3. The van der Waals surface area contributed by atoms with E-state index in [1.54, 1.807) is 0 Å². The quantitative estimate of drug-likeness (QED) is 0.233. The van der Waals surface area contributed by atoms with Gasteiger partial charge in [0, 0.05) is 23.3 Å². The Balaban J connectivity index is 1.38. The Kier molecular flexibility index (Phi) is 9.35. The Hall–Kier alpha value is -4.31. The number of carbonyl (C=O) groups is 2. The predicted octanol–water partition coefficient (Wildman–Crippen LogP) is 6.44. The molecular weight excluding hydrogens is 567 g/mol. The monoisotopic (exact) mass is 596 g/mol. The van der Waals surface area contributed by atoms with Gasteiger partial charge in [-0.15, -0.1) is 0 Å². The van der Waals surface area contributed by atoms with Crippen molar-refractivity contribution in [1.29, 1.82) is 0 Å². The van der Waals surface area contributed by atoms with Gasteiger partial charge in [0.2, 0.25) is 0 Å². The summed E-state index contributed by atoms with van der Waals surface area (Å²) in [5.74, 6) is -6.16. The summed E-state index contributed by atoms with van der Waals surface area (Å²) in [5, 5.41) is 0. The van der Waals surface area contributed by atoms with Gasteiger partial charge in [0.25, 0.3) is 5.91 Å². The second kappa shape index (κ2) is 13.3. The highest BCUT2D eigenvalue weighted by Gasteiger charge is 2.30. The molecule has 2 heterocycles. The maximum Gasteiger partial charge on any atom is 0.254 e. The minimum Gasteiger partial charge on any atom is -0.489 e. The summed E-state index contributed by atoms with van der Waals surface area (Å²) < 4.78 is 75.2. The van der Waals surface area contributed by atoms with E-state index in [1.807, 2.05) is 0 Å². The van der Waals surface area contributed by atoms with Gasteiger partial charge in [-0.25, -0.2) is 22.0 Å². The lowest BCUT2D eigenvalue weighted by atomic mass is 9.93. The van der Waals surface area contributed by atoms with Crippen LogP contribution in [0, 0.1) is 29.1 Å². The fourth-order valence-electron chi connectivity index (χ4n) is 5.19. The average Bonchev–Trinajstić information content (AvgIpc) is 2.99. The number of Topliss-reactive ketones (excluding diaryl/α,β-unsaturated/α-hetero) is 1. The molecule has 0 unspecified atom stereocenters. The minimum atomic E-state index is -1.11. The van der Waals surface area contributed by atoms with Gasteiger partial charge < -0.3 is 9.64 Å². The number of piperidine rings is 2. The lowest BCUT2D eigenvalue weighted by Crippen LogP contribution is -2.41. The van der Waals surface area contributed by atoms with Crippen molar-refractivity contribution in [3.63, 3.8) is 0 Å². The SMILES string of the molecule is O=C1/C(=C/c2ccc(F)c(F)c2)CN(C(=O)c2ccc(OCCN3CCCCC3)c(F)c2)C/C1=C\c1ccc(F)c(F)c1. The first kappa shape index (κ1) is 30.2. The van der Waals surface area contributed by atoms with E-state index >= 15 is 0 Å². The molecule has 1 amide bonds. The summed E-state index contributed by atoms with van der Waals surface area (Å²) in [4.78, 5) is 30.4. The Bertz CT molecular complexity index is 1520. The molecule has 0 aromatic heterocycles. The van der Waals surface area contributed by atoms with Crippen LogP contribution in [0.15, 0.2) is 65.7 Å². The van der Waals surface area contributed by atoms with Gasteiger partial charge in [0.1, 0.15) is 6.61 Å². The summed E-state index contributed by atoms with van der Waals surface area (Å²) in [5.41, 5.74) is 0.506. The number of hydrogen-bond acceptors (Lipinski definition) is 4. The van der Waals surface area contributed by atoms with Gasteiger partial charge >= 0.3 is 0 Å². The van der Waals surface area contributed by atoms with Crippen LogP contribution in [0.3, 0.4) is 0 Å². The molecule has 0 spiro atoms. The van der Waals surface area contributed by atoms with Crippen LogP contribution in [-0.2, 0) is 4.79 Å². The highest BCUT2D eigenvalue weighted by atomic mass is 19.2. The van der Waals surface area contributed by atoms with E-state index in [4.69, 9.17) is 4.74 Å². The molecule has 0 bridgehead atoms. The lowest BCUT2D eigenvalue weighted by molar-refractivity contribution is -0.113. The summed E-state index contributed by atoms with van der Waals surface area (Å²) in [6.07, 6.45) is 6.11. The number of halogens is 5. The van der Waals surface area contributed by atoms with Gasteiger partial charge in [0.15, 0.2) is 40.6 Å². The third-order valence-electron chi connectivity index (χ3n) is 7.45. The molecule has 5 nitrogen and oxygen atoms in total. The van der Waals surface area contributed by atoms with Gasteiger partial charge in [0.05, 0.1) is 13.1 Å². The van der Waals surface area contributed by atoms with Crippen molar-refractivity contribution < 1.29 is 36.3 Å². The van der Waals surface area contributed by atoms with Crippen LogP contribution in [0.25, 0.3) is 12.2 Å². The van der Waals surface area contributed by atoms with E-state index in [2.05, 4.69) is 4.90 Å². The number of rotatable bonds is 7. The molecule has 43 heavy (non-hydrogen) atoms. The molecule has 0 N–H and O–H groups in total. The van der Waals surface area contributed by atoms with Gasteiger partial charge in [-0.3, -0.25) is 14.5 Å². The number of benzene rings is 3. The Morgan fingerprint density at radius 3 is 1.84 bits per heavy atom. The summed E-state index contributed by atoms with van der Waals surface area (Å²) in [7, 11) is 0. The number of ether oxygens (including phenoxy) is 1. The van der Waals surface area contributed by atoms with Crippen molar-refractivity contribution in [2.45, 2.75) is 19.3 Å². The number of ketones is 1. The molecule has 3 aromatic rings. The van der Waals surface area contributed by atoms with Crippen molar-refractivity contribution in [3.8, 4) is 5.75 Å². The van der Waals surface area contributed by atoms with Gasteiger partial charge in [-0.05, 0) is 91.7 Å². The topological polar surface area (TPSA) is 49.9 Å². The van der Waals surface area contributed by atoms with Crippen LogP contribution in [0.2, 0.25) is 0 Å². The summed E-state index contributed by atoms with van der Waals surface area (Å²) in [6.45, 7) is 2.52. The van der Waals surface area contributed by atoms with Crippen LogP contribution in [0.4, 0.5) is 22.0 Å². The molecule has 10 heteroatoms. The average molecular weight is 597 g/mol. The standard InChI is InChI=1S/C33H29F5N2O3/c34-26-7-4-21(16-28(26)36)14-24-19-40(20-25(32(24)41)15-22-5-8-27(35)29(37)17-22)33(42)23-6-9-31(30(38)18-23)43-13-12-39-10-2-1-3-11-39/h4-9,14-18H,1-3,10-13,19-20H2/b24-14+,25-15+. The van der Waals surface area contributed by atoms with Crippen LogP contribution >= 0.6 is 0 Å². The van der Waals surface area contributed by atoms with E-state index in [1.165, 1.54) is 47.7 Å². The lowest BCUT2D eigenvalue weighted by Gasteiger charge is -2.30. The van der Waals surface area contributed by atoms with E-state index in [9.17, 15) is 31.5 Å². The maximum absolute atomic E-state index is 15.0. The van der Waals surface area contributed by atoms with E-state index < -0.39 is 40.8 Å². The molecule has 3 aromatic carbocycles. The van der Waals surface area contributed by atoms with Gasteiger partial charge in [-0.1, -0.05) is 18.6 Å². The molecule has 0 atom stereocenters. The fourth-order valence-corrected chi connectivity index (χ4v) is 5.19. The molecule has 0 saturated carbocycles. The summed E-state index contributed by atoms with van der Waals surface area (Å²) in [6, 6.07) is 10.1. The maximum atomic E-state index is 15.0. The van der Waals surface area contributed by atoms with Crippen molar-refractivity contribution in [2.24, 2.45) is 0 Å². The van der Waals surface area contributed by atoms with Gasteiger partial charge in [-0.2, -0.15) is 0 Å². The van der Waals surface area contributed by atoms with E-state index in [0.29, 0.717) is 13.2 Å². The third-order valence-corrected chi connectivity index (χ3v) is 7.45. The number of likely N-dealkylation sites (tertiary alicyclic amines) is 2. The van der Waals surface area contributed by atoms with E-state index in [0.717, 1.165) is 56.3 Å². The third kappa shape index (κ3) is 7.37. The molecule has 2 aliphatic rings. The predicted molar refractivity (Wildman–Crippen MR) is 152 cm³/mol. The Morgan fingerprint density at radius 1 is 0.721 bits per heavy atom. The molecule has 0 radical (unpaired) electrons. The first-order valence-electron chi connectivity index (χ1n) is 14.0. The second-order valence-electron chi connectivity index (χ2n) is 10.6. The fraction of sp³-hybridized carbons (Fsp3) is 0.273. The zero-order valence-corrected chi connectivity index (χ0v) is 23.2. The van der Waals surface area contributed by atoms with Crippen molar-refractivity contribution in [1.82, 2.24) is 9.80 Å². The Morgan fingerprint density at radius 2 is 1.30 bits per heavy atom. The molecule has 0 aliphatic carbocycles. The number of carbonyl (C=O) groups excluding carboxylic acids is 2. The molecule has 5 rings (SSSR count). The smallest absolute Gasteiger partial charge is 0.254 e. The van der Waals surface area contributed by atoms with Crippen LogP contribution in [0.1, 0.15) is 40.7 Å². The summed E-state index contributed by atoms with van der Waals surface area (Å²) >= 11 is 0. The molecule has 2 saturated heterocycles. The van der Waals surface area contributed by atoms with Crippen molar-refractivity contribution in [3.05, 3.63) is 112 Å². The molecule has 2 aliphatic heterocycles. The first-order valence-corrected chi connectivity index (χ1v) is 14.0. The van der Waals surface area contributed by atoms with Crippen LogP contribution < -0.4 is 4.74 Å². The zero-order valence-electron chi connectivity index (χ0n) is 23.2. The number of amides is 1. The normalized spacial score (nSPS) is 18.0. The van der Waals surface area contributed by atoms with Crippen LogP contribution in [0.5, 0.6) is 5.75 Å². The Labute approximate surface area is 245 Å². The first-order chi connectivity index (χ1) is 20.7. The van der Waals surface area contributed by atoms with E-state index in [-0.39, 0.29) is 46.7 Å². The van der Waals surface area contributed by atoms with Crippen LogP contribution in [-0.4, -0.2) is 60.8 Å². The largest absolute Gasteiger partial charge is 0.489 e. The minimum absolute atomic E-state index is 0.00887. The number of nitrogens with zero attached hydrogens (tertiary/aromatic N) is 2. The molecule has 2 fully saturated rings. The second-order valence-corrected chi connectivity index (χ2v) is 10.6. The zero-order chi connectivity index (χ0) is 30.5.